The van der Waals surface area contributed by atoms with Gasteiger partial charge in [0.05, 0.1) is 5.69 Å². The fourth-order valence-electron chi connectivity index (χ4n) is 6.92. The molecule has 0 aliphatic heterocycles. The van der Waals surface area contributed by atoms with Gasteiger partial charge in [-0.15, -0.1) is 0 Å². The van der Waals surface area contributed by atoms with Gasteiger partial charge in [-0.25, -0.2) is 0 Å². The number of rotatable bonds is 4. The standard InChI is InChI=1S/C41H31N/c1-41(2)38-18-10-8-17-35(38)36-25-24-32(27-39(36)41)42(40-19-11-9-16-34(40)28-12-4-3-5-13-28)31-23-22-30-21-20-29-14-6-7-15-33(29)37(30)26-31/h3-27H,1-2H3. The van der Waals surface area contributed by atoms with Gasteiger partial charge in [-0.3, -0.25) is 0 Å². The highest BCUT2D eigenvalue weighted by atomic mass is 15.1. The predicted octanol–water partition coefficient (Wildman–Crippen LogP) is 11.4. The Bertz CT molecular complexity index is 2120. The summed E-state index contributed by atoms with van der Waals surface area (Å²) in [5, 5.41) is 5.05. The largest absolute Gasteiger partial charge is 0.310 e. The summed E-state index contributed by atoms with van der Waals surface area (Å²) in [5.74, 6) is 0. The molecular weight excluding hydrogens is 506 g/mol. The Morgan fingerprint density at radius 2 is 1.02 bits per heavy atom. The molecule has 0 radical (unpaired) electrons. The van der Waals surface area contributed by atoms with E-state index in [-0.39, 0.29) is 5.41 Å². The van der Waals surface area contributed by atoms with Crippen molar-refractivity contribution in [1.82, 2.24) is 0 Å². The van der Waals surface area contributed by atoms with Gasteiger partial charge in [0.2, 0.25) is 0 Å². The van der Waals surface area contributed by atoms with E-state index in [4.69, 9.17) is 0 Å². The zero-order chi connectivity index (χ0) is 28.3. The van der Waals surface area contributed by atoms with Gasteiger partial charge < -0.3 is 4.90 Å². The van der Waals surface area contributed by atoms with E-state index in [1.165, 1.54) is 54.9 Å². The van der Waals surface area contributed by atoms with E-state index in [1.807, 2.05) is 0 Å². The molecule has 0 amide bonds. The lowest BCUT2D eigenvalue weighted by Gasteiger charge is -2.30. The smallest absolute Gasteiger partial charge is 0.0540 e. The van der Waals surface area contributed by atoms with Crippen molar-refractivity contribution in [2.45, 2.75) is 19.3 Å². The van der Waals surface area contributed by atoms with Crippen molar-refractivity contribution in [3.8, 4) is 22.3 Å². The summed E-state index contributed by atoms with van der Waals surface area (Å²) in [7, 11) is 0. The molecule has 7 aromatic carbocycles. The van der Waals surface area contributed by atoms with Crippen LogP contribution in [0.5, 0.6) is 0 Å². The van der Waals surface area contributed by atoms with Crippen molar-refractivity contribution in [3.63, 3.8) is 0 Å². The van der Waals surface area contributed by atoms with E-state index in [1.54, 1.807) is 0 Å². The second-order valence-corrected chi connectivity index (χ2v) is 11.8. The van der Waals surface area contributed by atoms with Crippen LogP contribution >= 0.6 is 0 Å². The van der Waals surface area contributed by atoms with Crippen molar-refractivity contribution < 1.29 is 0 Å². The Kier molecular flexibility index (Phi) is 5.55. The third-order valence-corrected chi connectivity index (χ3v) is 9.04. The summed E-state index contributed by atoms with van der Waals surface area (Å²) in [5.41, 5.74) is 11.3. The lowest BCUT2D eigenvalue weighted by Crippen LogP contribution is -2.16. The molecule has 0 atom stereocenters. The number of anilines is 3. The van der Waals surface area contributed by atoms with Gasteiger partial charge in [-0.1, -0.05) is 135 Å². The second kappa shape index (κ2) is 9.46. The highest BCUT2D eigenvalue weighted by Crippen LogP contribution is 2.51. The minimum absolute atomic E-state index is 0.0772. The molecule has 200 valence electrons. The third-order valence-electron chi connectivity index (χ3n) is 9.04. The second-order valence-electron chi connectivity index (χ2n) is 11.8. The Labute approximate surface area is 247 Å². The zero-order valence-corrected chi connectivity index (χ0v) is 23.9. The number of para-hydroxylation sites is 1. The highest BCUT2D eigenvalue weighted by Gasteiger charge is 2.35. The minimum Gasteiger partial charge on any atom is -0.310 e. The molecule has 42 heavy (non-hydrogen) atoms. The van der Waals surface area contributed by atoms with Gasteiger partial charge in [0.15, 0.2) is 0 Å². The summed E-state index contributed by atoms with van der Waals surface area (Å²) < 4.78 is 0. The number of hydrogen-bond acceptors (Lipinski definition) is 1. The maximum Gasteiger partial charge on any atom is 0.0540 e. The van der Waals surface area contributed by atoms with Crippen LogP contribution in [0.3, 0.4) is 0 Å². The van der Waals surface area contributed by atoms with E-state index in [0.717, 1.165) is 17.1 Å². The number of hydrogen-bond donors (Lipinski definition) is 0. The topological polar surface area (TPSA) is 3.24 Å². The Morgan fingerprint density at radius 1 is 0.429 bits per heavy atom. The van der Waals surface area contributed by atoms with Gasteiger partial charge in [0.25, 0.3) is 0 Å². The van der Waals surface area contributed by atoms with Gasteiger partial charge in [-0.2, -0.15) is 0 Å². The van der Waals surface area contributed by atoms with Crippen LogP contribution in [0.2, 0.25) is 0 Å². The molecule has 0 saturated carbocycles. The lowest BCUT2D eigenvalue weighted by atomic mass is 9.82. The molecule has 0 fully saturated rings. The molecule has 1 aliphatic rings. The van der Waals surface area contributed by atoms with E-state index >= 15 is 0 Å². The van der Waals surface area contributed by atoms with E-state index < -0.39 is 0 Å². The fraction of sp³-hybridized carbons (Fsp3) is 0.0732. The highest BCUT2D eigenvalue weighted by molar-refractivity contribution is 6.09. The molecule has 1 aliphatic carbocycles. The maximum absolute atomic E-state index is 2.45. The molecule has 0 aromatic heterocycles. The quantitative estimate of drug-likeness (QED) is 0.202. The van der Waals surface area contributed by atoms with Crippen LogP contribution in [-0.4, -0.2) is 0 Å². The summed E-state index contributed by atoms with van der Waals surface area (Å²) in [6.45, 7) is 4.71. The molecule has 1 heteroatoms. The van der Waals surface area contributed by atoms with Crippen LogP contribution in [0.25, 0.3) is 43.8 Å². The van der Waals surface area contributed by atoms with Gasteiger partial charge in [-0.05, 0) is 79.7 Å². The van der Waals surface area contributed by atoms with Gasteiger partial charge >= 0.3 is 0 Å². The Morgan fingerprint density at radius 3 is 1.88 bits per heavy atom. The summed E-state index contributed by atoms with van der Waals surface area (Å²) >= 11 is 0. The van der Waals surface area contributed by atoms with Crippen LogP contribution in [0.4, 0.5) is 17.1 Å². The van der Waals surface area contributed by atoms with Gasteiger partial charge in [0.1, 0.15) is 0 Å². The summed E-state index contributed by atoms with van der Waals surface area (Å²) in [4.78, 5) is 2.45. The van der Waals surface area contributed by atoms with Crippen LogP contribution in [0, 0.1) is 0 Å². The zero-order valence-electron chi connectivity index (χ0n) is 23.9. The Balaban J connectivity index is 1.39. The predicted molar refractivity (Wildman–Crippen MR) is 179 cm³/mol. The molecular formula is C41H31N. The van der Waals surface area contributed by atoms with E-state index in [9.17, 15) is 0 Å². The van der Waals surface area contributed by atoms with Crippen LogP contribution in [-0.2, 0) is 5.41 Å². The molecule has 1 nitrogen and oxygen atoms in total. The lowest BCUT2D eigenvalue weighted by molar-refractivity contribution is 0.660. The fourth-order valence-corrected chi connectivity index (χ4v) is 6.92. The number of fused-ring (bicyclic) bond motifs is 6. The number of benzene rings is 7. The average molecular weight is 538 g/mol. The molecule has 8 rings (SSSR count). The first kappa shape index (κ1) is 24.6. The summed E-state index contributed by atoms with van der Waals surface area (Å²) in [6, 6.07) is 55.5. The van der Waals surface area contributed by atoms with Crippen LogP contribution in [0.15, 0.2) is 152 Å². The number of nitrogens with zero attached hydrogens (tertiary/aromatic N) is 1. The molecule has 0 bridgehead atoms. The van der Waals surface area contributed by atoms with Crippen LogP contribution < -0.4 is 4.90 Å². The van der Waals surface area contributed by atoms with Crippen molar-refractivity contribution in [3.05, 3.63) is 163 Å². The molecule has 7 aromatic rings. The van der Waals surface area contributed by atoms with Crippen molar-refractivity contribution in [2.24, 2.45) is 0 Å². The summed E-state index contributed by atoms with van der Waals surface area (Å²) in [6.07, 6.45) is 0. The SMILES string of the molecule is CC1(C)c2ccccc2-c2ccc(N(c3ccc4ccc5ccccc5c4c3)c3ccccc3-c3ccccc3)cc21. The van der Waals surface area contributed by atoms with Crippen molar-refractivity contribution in [1.29, 1.82) is 0 Å². The third kappa shape index (κ3) is 3.78. The van der Waals surface area contributed by atoms with Crippen molar-refractivity contribution in [2.75, 3.05) is 4.90 Å². The van der Waals surface area contributed by atoms with E-state index in [0.29, 0.717) is 0 Å². The average Bonchev–Trinajstić information content (AvgIpc) is 3.28. The normalized spacial score (nSPS) is 13.2. The van der Waals surface area contributed by atoms with E-state index in [2.05, 4.69) is 170 Å². The van der Waals surface area contributed by atoms with Crippen LogP contribution in [0.1, 0.15) is 25.0 Å². The molecule has 0 N–H and O–H groups in total. The molecule has 0 saturated heterocycles. The first-order valence-corrected chi connectivity index (χ1v) is 14.7. The minimum atomic E-state index is -0.0772. The molecule has 0 spiro atoms. The van der Waals surface area contributed by atoms with Crippen molar-refractivity contribution >= 4 is 38.6 Å². The molecule has 0 heterocycles. The monoisotopic (exact) mass is 537 g/mol. The molecule has 0 unspecified atom stereocenters. The first-order chi connectivity index (χ1) is 20.6. The Hall–Kier alpha value is -5.14. The first-order valence-electron chi connectivity index (χ1n) is 14.7. The maximum atomic E-state index is 2.45. The van der Waals surface area contributed by atoms with Gasteiger partial charge in [0, 0.05) is 22.4 Å².